The number of amides is 1. The van der Waals surface area contributed by atoms with Crippen molar-refractivity contribution in [2.24, 2.45) is 5.92 Å². The number of carboxylic acids is 1. The summed E-state index contributed by atoms with van der Waals surface area (Å²) in [4.78, 5) is 48.5. The Balaban J connectivity index is 1.71. The molecule has 3 rings (SSSR count). The summed E-state index contributed by atoms with van der Waals surface area (Å²) in [5.74, 6) is -0.759. The largest absolute Gasteiger partial charge is 0.476 e. The Hall–Kier alpha value is -3.14. The van der Waals surface area contributed by atoms with E-state index < -0.39 is 5.97 Å². The first-order chi connectivity index (χ1) is 14.0. The molecule has 1 fully saturated rings. The Labute approximate surface area is 168 Å². The van der Waals surface area contributed by atoms with E-state index in [9.17, 15) is 14.7 Å². The highest BCUT2D eigenvalue weighted by atomic mass is 16.7. The minimum absolute atomic E-state index is 0.0188. The smallest absolute Gasteiger partial charge is 0.356 e. The van der Waals surface area contributed by atoms with Gasteiger partial charge < -0.3 is 10.0 Å². The zero-order valence-corrected chi connectivity index (χ0v) is 16.5. The fraction of sp³-hybridized carbons (Fsp3) is 0.474. The van der Waals surface area contributed by atoms with Gasteiger partial charge in [0.25, 0.3) is 5.91 Å². The third-order valence-electron chi connectivity index (χ3n) is 4.66. The van der Waals surface area contributed by atoms with Gasteiger partial charge in [0.15, 0.2) is 11.5 Å². The predicted molar refractivity (Wildman–Crippen MR) is 104 cm³/mol. The molecule has 0 saturated carbocycles. The van der Waals surface area contributed by atoms with Gasteiger partial charge in [-0.15, -0.1) is 0 Å². The van der Waals surface area contributed by atoms with Crippen molar-refractivity contribution < 1.29 is 19.5 Å². The second-order valence-electron chi connectivity index (χ2n) is 6.75. The van der Waals surface area contributed by atoms with Crippen LogP contribution < -0.4 is 9.96 Å². The first kappa shape index (κ1) is 20.6. The average Bonchev–Trinajstić information content (AvgIpc) is 2.74. The summed E-state index contributed by atoms with van der Waals surface area (Å²) in [6, 6.07) is 0. The number of aromatic nitrogens is 4. The van der Waals surface area contributed by atoms with Gasteiger partial charge in [0.1, 0.15) is 5.82 Å². The maximum absolute atomic E-state index is 13.1. The quantitative estimate of drug-likeness (QED) is 0.694. The maximum atomic E-state index is 13.1. The number of hydrogen-bond donors (Lipinski definition) is 1. The summed E-state index contributed by atoms with van der Waals surface area (Å²) in [5.41, 5.74) is 0.455. The highest BCUT2D eigenvalue weighted by molar-refractivity contribution is 5.93. The van der Waals surface area contributed by atoms with E-state index in [2.05, 4.69) is 19.9 Å². The van der Waals surface area contributed by atoms with Gasteiger partial charge in [-0.2, -0.15) is 5.06 Å². The molecular formula is C19H24N6O4. The number of piperidine rings is 1. The molecule has 3 heterocycles. The van der Waals surface area contributed by atoms with Crippen molar-refractivity contribution in [3.8, 4) is 0 Å². The van der Waals surface area contributed by atoms with Gasteiger partial charge in [0, 0.05) is 31.4 Å². The van der Waals surface area contributed by atoms with Crippen molar-refractivity contribution in [3.63, 3.8) is 0 Å². The molecule has 29 heavy (non-hydrogen) atoms. The third-order valence-corrected chi connectivity index (χ3v) is 4.66. The van der Waals surface area contributed by atoms with E-state index in [4.69, 9.17) is 4.84 Å². The van der Waals surface area contributed by atoms with Crippen LogP contribution in [0.1, 0.15) is 42.5 Å². The van der Waals surface area contributed by atoms with Crippen LogP contribution in [0.25, 0.3) is 0 Å². The zero-order valence-electron chi connectivity index (χ0n) is 16.5. The number of nitrogens with zero attached hydrogens (tertiary/aromatic N) is 6. The lowest BCUT2D eigenvalue weighted by Crippen LogP contribution is -2.43. The van der Waals surface area contributed by atoms with Crippen LogP contribution in [-0.4, -0.2) is 56.6 Å². The molecule has 0 radical (unpaired) electrons. The van der Waals surface area contributed by atoms with Crippen LogP contribution in [0.4, 0.5) is 11.5 Å². The fourth-order valence-corrected chi connectivity index (χ4v) is 3.21. The van der Waals surface area contributed by atoms with Crippen molar-refractivity contribution in [3.05, 3.63) is 36.3 Å². The topological polar surface area (TPSA) is 122 Å². The lowest BCUT2D eigenvalue weighted by molar-refractivity contribution is -0.130. The third kappa shape index (κ3) is 4.83. The molecule has 10 heteroatoms. The van der Waals surface area contributed by atoms with Crippen molar-refractivity contribution >= 4 is 23.4 Å². The number of aryl methyl sites for hydroxylation is 1. The van der Waals surface area contributed by atoms with Crippen molar-refractivity contribution in [1.29, 1.82) is 0 Å². The summed E-state index contributed by atoms with van der Waals surface area (Å²) in [6.07, 6.45) is 7.94. The fourth-order valence-electron chi connectivity index (χ4n) is 3.21. The van der Waals surface area contributed by atoms with Gasteiger partial charge in [0.05, 0.1) is 24.7 Å². The van der Waals surface area contributed by atoms with Gasteiger partial charge in [-0.3, -0.25) is 14.6 Å². The summed E-state index contributed by atoms with van der Waals surface area (Å²) >= 11 is 0. The minimum atomic E-state index is -1.09. The van der Waals surface area contributed by atoms with E-state index in [1.54, 1.807) is 6.92 Å². The molecule has 2 aromatic rings. The summed E-state index contributed by atoms with van der Waals surface area (Å²) in [5, 5.41) is 10.7. The Morgan fingerprint density at radius 1 is 1.24 bits per heavy atom. The Morgan fingerprint density at radius 3 is 2.62 bits per heavy atom. The number of hydroxylamine groups is 1. The lowest BCUT2D eigenvalue weighted by Gasteiger charge is -2.34. The molecule has 10 nitrogen and oxygen atoms in total. The molecule has 1 N–H and O–H groups in total. The number of carbonyl (C=O) groups excluding carboxylic acids is 1. The molecule has 1 aliphatic rings. The monoisotopic (exact) mass is 400 g/mol. The van der Waals surface area contributed by atoms with Crippen LogP contribution in [0, 0.1) is 12.8 Å². The number of anilines is 2. The van der Waals surface area contributed by atoms with E-state index >= 15 is 0 Å². The van der Waals surface area contributed by atoms with E-state index in [1.807, 2.05) is 11.8 Å². The van der Waals surface area contributed by atoms with Crippen LogP contribution in [0.3, 0.4) is 0 Å². The maximum Gasteiger partial charge on any atom is 0.356 e. The van der Waals surface area contributed by atoms with E-state index in [-0.39, 0.29) is 17.5 Å². The van der Waals surface area contributed by atoms with Crippen molar-refractivity contribution in [2.45, 2.75) is 33.1 Å². The molecule has 0 aliphatic carbocycles. The van der Waals surface area contributed by atoms with Crippen LogP contribution in [0.5, 0.6) is 0 Å². The molecule has 154 valence electrons. The summed E-state index contributed by atoms with van der Waals surface area (Å²) in [7, 11) is 0. The number of carboxylic acid groups (broad SMARTS) is 1. The second kappa shape index (κ2) is 9.37. The number of carbonyl (C=O) groups is 2. The first-order valence-electron chi connectivity index (χ1n) is 9.56. The van der Waals surface area contributed by atoms with Gasteiger partial charge in [-0.1, -0.05) is 6.92 Å². The van der Waals surface area contributed by atoms with Gasteiger partial charge in [-0.25, -0.2) is 19.7 Å². The van der Waals surface area contributed by atoms with Crippen LogP contribution in [0.2, 0.25) is 0 Å². The summed E-state index contributed by atoms with van der Waals surface area (Å²) in [6.45, 7) is 5.04. The predicted octanol–water partition coefficient (Wildman–Crippen LogP) is 1.86. The van der Waals surface area contributed by atoms with Gasteiger partial charge in [0.2, 0.25) is 0 Å². The summed E-state index contributed by atoms with van der Waals surface area (Å²) < 4.78 is 0. The average molecular weight is 400 g/mol. The molecule has 1 amide bonds. The normalized spacial score (nSPS) is 14.6. The molecule has 0 bridgehead atoms. The highest BCUT2D eigenvalue weighted by Gasteiger charge is 2.32. The second-order valence-corrected chi connectivity index (χ2v) is 6.75. The molecule has 2 aromatic heterocycles. The van der Waals surface area contributed by atoms with E-state index in [0.29, 0.717) is 49.9 Å². The minimum Gasteiger partial charge on any atom is -0.476 e. The zero-order chi connectivity index (χ0) is 20.8. The molecule has 1 saturated heterocycles. The Morgan fingerprint density at radius 2 is 2.00 bits per heavy atom. The van der Waals surface area contributed by atoms with Crippen LogP contribution in [-0.2, 0) is 9.63 Å². The van der Waals surface area contributed by atoms with Gasteiger partial charge in [-0.05, 0) is 26.2 Å². The van der Waals surface area contributed by atoms with E-state index in [0.717, 1.165) is 6.42 Å². The molecule has 0 aromatic carbocycles. The van der Waals surface area contributed by atoms with E-state index in [1.165, 1.54) is 29.9 Å². The van der Waals surface area contributed by atoms with Gasteiger partial charge >= 0.3 is 5.97 Å². The number of hydrogen-bond acceptors (Lipinski definition) is 8. The molecular weight excluding hydrogens is 376 g/mol. The first-order valence-corrected chi connectivity index (χ1v) is 9.56. The standard InChI is InChI=1S/C19H24N6O4/c1-3-10-29-25(16-12-20-6-7-21-16)18(26)14-4-8-24(9-5-14)15-11-22-13(2)23-17(15)19(27)28/h6-7,11-12,14H,3-5,8-10H2,1-2H3,(H,27,28). The Bertz CT molecular complexity index is 855. The molecule has 0 atom stereocenters. The number of aromatic carboxylic acids is 1. The Kier molecular flexibility index (Phi) is 6.65. The van der Waals surface area contributed by atoms with Crippen LogP contribution in [0.15, 0.2) is 24.8 Å². The molecule has 0 spiro atoms. The highest BCUT2D eigenvalue weighted by Crippen LogP contribution is 2.27. The van der Waals surface area contributed by atoms with Crippen LogP contribution >= 0.6 is 0 Å². The molecule has 1 aliphatic heterocycles. The SMILES string of the molecule is CCCON(C(=O)C1CCN(c2cnc(C)nc2C(=O)O)CC1)c1cnccn1. The molecule has 0 unspecified atom stereocenters. The van der Waals surface area contributed by atoms with Crippen molar-refractivity contribution in [2.75, 3.05) is 29.7 Å². The number of rotatable bonds is 7. The lowest BCUT2D eigenvalue weighted by atomic mass is 9.95. The van der Waals surface area contributed by atoms with Crippen molar-refractivity contribution in [1.82, 2.24) is 19.9 Å².